The van der Waals surface area contributed by atoms with Gasteiger partial charge in [0.05, 0.1) is 0 Å². The van der Waals surface area contributed by atoms with E-state index in [0.29, 0.717) is 11.3 Å². The van der Waals surface area contributed by atoms with Crippen molar-refractivity contribution in [3.8, 4) is 0 Å². The molecule has 2 atom stereocenters. The molecule has 4 rings (SSSR count). The molecule has 0 aliphatic heterocycles. The number of aryl methyl sites for hydroxylation is 1. The first-order valence-corrected chi connectivity index (χ1v) is 10.0. The number of amides is 2. The highest BCUT2D eigenvalue weighted by Crippen LogP contribution is 2.48. The van der Waals surface area contributed by atoms with Crippen molar-refractivity contribution in [3.63, 3.8) is 0 Å². The van der Waals surface area contributed by atoms with Crippen LogP contribution < -0.4 is 10.6 Å². The van der Waals surface area contributed by atoms with Crippen LogP contribution in [0.15, 0.2) is 42.9 Å². The Balaban J connectivity index is 1.47. The van der Waals surface area contributed by atoms with Gasteiger partial charge >= 0.3 is 0 Å². The lowest BCUT2D eigenvalue weighted by Gasteiger charge is -2.40. The standard InChI is InChI=1S/C22H26N4O2/c1-2-16-5-3-6-17(13-16)19(27)25-21-8-4-9-22(14-21,11-10-21)26-20(28)18-7-12-23-15-24-18/h3,5-7,12-13,15H,2,4,8-11,14H2,1H3,(H,25,27)(H,26,28). The Morgan fingerprint density at radius 2 is 1.79 bits per heavy atom. The summed E-state index contributed by atoms with van der Waals surface area (Å²) in [6.07, 6.45) is 9.28. The largest absolute Gasteiger partial charge is 0.347 e. The minimum absolute atomic E-state index is 0.0184. The molecule has 1 aromatic carbocycles. The summed E-state index contributed by atoms with van der Waals surface area (Å²) in [4.78, 5) is 33.4. The van der Waals surface area contributed by atoms with E-state index in [-0.39, 0.29) is 22.9 Å². The van der Waals surface area contributed by atoms with E-state index in [9.17, 15) is 9.59 Å². The first kappa shape index (κ1) is 18.6. The van der Waals surface area contributed by atoms with Gasteiger partial charge in [-0.05, 0) is 68.7 Å². The van der Waals surface area contributed by atoms with E-state index in [1.54, 1.807) is 12.3 Å². The molecule has 0 saturated heterocycles. The van der Waals surface area contributed by atoms with Crippen molar-refractivity contribution in [2.45, 2.75) is 62.9 Å². The first-order chi connectivity index (χ1) is 13.5. The number of aromatic nitrogens is 2. The second kappa shape index (κ2) is 7.34. The van der Waals surface area contributed by atoms with E-state index < -0.39 is 0 Å². The Kier molecular flexibility index (Phi) is 4.87. The molecule has 2 aliphatic carbocycles. The zero-order valence-electron chi connectivity index (χ0n) is 16.2. The lowest BCUT2D eigenvalue weighted by Crippen LogP contribution is -2.55. The quantitative estimate of drug-likeness (QED) is 0.838. The lowest BCUT2D eigenvalue weighted by molar-refractivity contribution is 0.0829. The molecule has 0 radical (unpaired) electrons. The van der Waals surface area contributed by atoms with Gasteiger partial charge in [0.25, 0.3) is 11.8 Å². The number of carbonyl (C=O) groups is 2. The van der Waals surface area contributed by atoms with Gasteiger partial charge in [-0.2, -0.15) is 0 Å². The van der Waals surface area contributed by atoms with Gasteiger partial charge < -0.3 is 10.6 Å². The van der Waals surface area contributed by atoms with Gasteiger partial charge in [-0.15, -0.1) is 0 Å². The van der Waals surface area contributed by atoms with Crippen molar-refractivity contribution in [3.05, 3.63) is 59.7 Å². The summed E-state index contributed by atoms with van der Waals surface area (Å²) in [5.74, 6) is -0.183. The highest BCUT2D eigenvalue weighted by atomic mass is 16.2. The van der Waals surface area contributed by atoms with Crippen LogP contribution in [0.4, 0.5) is 0 Å². The third kappa shape index (κ3) is 3.63. The maximum atomic E-state index is 12.9. The Labute approximate surface area is 165 Å². The molecule has 2 bridgehead atoms. The highest BCUT2D eigenvalue weighted by molar-refractivity contribution is 5.95. The molecular formula is C22H26N4O2. The van der Waals surface area contributed by atoms with E-state index in [1.165, 1.54) is 6.33 Å². The minimum atomic E-state index is -0.265. The van der Waals surface area contributed by atoms with E-state index in [4.69, 9.17) is 0 Å². The number of rotatable bonds is 5. The van der Waals surface area contributed by atoms with Gasteiger partial charge in [-0.1, -0.05) is 19.1 Å². The number of nitrogens with one attached hydrogen (secondary N) is 2. The maximum absolute atomic E-state index is 12.9. The predicted molar refractivity (Wildman–Crippen MR) is 106 cm³/mol. The van der Waals surface area contributed by atoms with E-state index >= 15 is 0 Å². The van der Waals surface area contributed by atoms with Crippen LogP contribution in [0, 0.1) is 0 Å². The third-order valence-electron chi connectivity index (χ3n) is 6.24. The van der Waals surface area contributed by atoms with Gasteiger partial charge in [0.1, 0.15) is 12.0 Å². The zero-order chi connectivity index (χ0) is 19.6. The SMILES string of the molecule is CCc1cccc(C(=O)NC23CCCC(NC(=O)c4ccncn4)(CC2)C3)c1. The Bertz CT molecular complexity index is 885. The van der Waals surface area contributed by atoms with Crippen LogP contribution in [0.25, 0.3) is 0 Å². The molecule has 2 N–H and O–H groups in total. The molecule has 2 saturated carbocycles. The lowest BCUT2D eigenvalue weighted by atomic mass is 9.78. The third-order valence-corrected chi connectivity index (χ3v) is 6.24. The summed E-state index contributed by atoms with van der Waals surface area (Å²) in [5, 5.41) is 6.53. The number of hydrogen-bond acceptors (Lipinski definition) is 4. The fourth-order valence-electron chi connectivity index (χ4n) is 4.81. The van der Waals surface area contributed by atoms with Gasteiger partial charge in [0.2, 0.25) is 0 Å². The average Bonchev–Trinajstić information content (AvgIpc) is 2.98. The van der Waals surface area contributed by atoms with Crippen LogP contribution in [0.3, 0.4) is 0 Å². The summed E-state index contributed by atoms with van der Waals surface area (Å²) >= 11 is 0. The van der Waals surface area contributed by atoms with Crippen molar-refractivity contribution >= 4 is 11.8 Å². The molecule has 1 aromatic heterocycles. The number of fused-ring (bicyclic) bond motifs is 2. The second-order valence-electron chi connectivity index (χ2n) is 8.15. The molecule has 0 spiro atoms. The van der Waals surface area contributed by atoms with Crippen LogP contribution >= 0.6 is 0 Å². The number of benzene rings is 1. The van der Waals surface area contributed by atoms with Crippen molar-refractivity contribution in [2.75, 3.05) is 0 Å². The van der Waals surface area contributed by atoms with Crippen molar-refractivity contribution in [1.82, 2.24) is 20.6 Å². The van der Waals surface area contributed by atoms with Crippen LogP contribution in [-0.4, -0.2) is 32.9 Å². The predicted octanol–water partition coefficient (Wildman–Crippen LogP) is 3.04. The van der Waals surface area contributed by atoms with E-state index in [0.717, 1.165) is 50.5 Å². The molecule has 6 heteroatoms. The molecule has 2 aliphatic rings. The van der Waals surface area contributed by atoms with E-state index in [2.05, 4.69) is 27.5 Å². The molecule has 6 nitrogen and oxygen atoms in total. The van der Waals surface area contributed by atoms with Crippen molar-refractivity contribution in [1.29, 1.82) is 0 Å². The first-order valence-electron chi connectivity index (χ1n) is 10.0. The molecule has 1 heterocycles. The molecule has 2 aromatic rings. The highest BCUT2D eigenvalue weighted by Gasteiger charge is 2.52. The van der Waals surface area contributed by atoms with Gasteiger partial charge in [0.15, 0.2) is 0 Å². The summed E-state index contributed by atoms with van der Waals surface area (Å²) in [6.45, 7) is 2.09. The molecule has 2 fully saturated rings. The number of hydrogen-bond donors (Lipinski definition) is 2. The van der Waals surface area contributed by atoms with Crippen LogP contribution in [0.5, 0.6) is 0 Å². The Morgan fingerprint density at radius 3 is 2.46 bits per heavy atom. The number of nitrogens with zero attached hydrogens (tertiary/aromatic N) is 2. The monoisotopic (exact) mass is 378 g/mol. The normalized spacial score (nSPS) is 25.9. The van der Waals surface area contributed by atoms with Gasteiger partial charge in [-0.25, -0.2) is 9.97 Å². The fourth-order valence-corrected chi connectivity index (χ4v) is 4.81. The van der Waals surface area contributed by atoms with E-state index in [1.807, 2.05) is 24.3 Å². The fraction of sp³-hybridized carbons (Fsp3) is 0.455. The Hall–Kier alpha value is -2.76. The molecule has 146 valence electrons. The maximum Gasteiger partial charge on any atom is 0.270 e. The van der Waals surface area contributed by atoms with Gasteiger partial charge in [0, 0.05) is 22.8 Å². The van der Waals surface area contributed by atoms with Gasteiger partial charge in [-0.3, -0.25) is 9.59 Å². The smallest absolute Gasteiger partial charge is 0.270 e. The van der Waals surface area contributed by atoms with Crippen LogP contribution in [0.2, 0.25) is 0 Å². The minimum Gasteiger partial charge on any atom is -0.347 e. The Morgan fingerprint density at radius 1 is 1.04 bits per heavy atom. The second-order valence-corrected chi connectivity index (χ2v) is 8.15. The van der Waals surface area contributed by atoms with Crippen molar-refractivity contribution in [2.24, 2.45) is 0 Å². The number of carbonyl (C=O) groups excluding carboxylic acids is 2. The summed E-state index contributed by atoms with van der Waals surface area (Å²) < 4.78 is 0. The van der Waals surface area contributed by atoms with Crippen LogP contribution in [0.1, 0.15) is 71.9 Å². The molecule has 2 unspecified atom stereocenters. The van der Waals surface area contributed by atoms with Crippen LogP contribution in [-0.2, 0) is 6.42 Å². The van der Waals surface area contributed by atoms with Crippen molar-refractivity contribution < 1.29 is 9.59 Å². The molecule has 28 heavy (non-hydrogen) atoms. The summed E-state index contributed by atoms with van der Waals surface area (Å²) in [5.41, 5.74) is 1.75. The topological polar surface area (TPSA) is 84.0 Å². The molecular weight excluding hydrogens is 352 g/mol. The zero-order valence-corrected chi connectivity index (χ0v) is 16.2. The summed E-state index contributed by atoms with van der Waals surface area (Å²) in [6, 6.07) is 9.44. The summed E-state index contributed by atoms with van der Waals surface area (Å²) in [7, 11) is 0. The average molecular weight is 378 g/mol. The molecule has 2 amide bonds.